The molecular formula is C16H20N6O2S. The molecule has 1 heterocycles. The van der Waals surface area contributed by atoms with Crippen LogP contribution in [-0.2, 0) is 4.79 Å². The number of aryl methyl sites for hydroxylation is 1. The highest BCUT2D eigenvalue weighted by molar-refractivity contribution is 7.99. The van der Waals surface area contributed by atoms with Gasteiger partial charge >= 0.3 is 6.03 Å². The van der Waals surface area contributed by atoms with E-state index in [1.165, 1.54) is 11.8 Å². The molecule has 0 spiro atoms. The van der Waals surface area contributed by atoms with Crippen LogP contribution in [0, 0.1) is 6.92 Å². The van der Waals surface area contributed by atoms with Crippen LogP contribution in [0.5, 0.6) is 0 Å². The first-order chi connectivity index (χ1) is 12.1. The van der Waals surface area contributed by atoms with E-state index >= 15 is 0 Å². The van der Waals surface area contributed by atoms with Crippen molar-refractivity contribution >= 4 is 23.7 Å². The average Bonchev–Trinajstić information content (AvgIpc) is 3.25. The summed E-state index contributed by atoms with van der Waals surface area (Å²) in [5.74, 6) is -0.316. The number of carbonyl (C=O) groups excluding carboxylic acids is 2. The van der Waals surface area contributed by atoms with Gasteiger partial charge in [0.05, 0.1) is 11.4 Å². The number of hydrogen-bond donors (Lipinski definition) is 2. The fourth-order valence-electron chi connectivity index (χ4n) is 2.70. The minimum atomic E-state index is -0.435. The molecule has 8 nitrogen and oxygen atoms in total. The van der Waals surface area contributed by atoms with Gasteiger partial charge in [-0.25, -0.2) is 4.79 Å². The predicted molar refractivity (Wildman–Crippen MR) is 93.5 cm³/mol. The van der Waals surface area contributed by atoms with Gasteiger partial charge in [0, 0.05) is 6.04 Å². The fraction of sp³-hybridized carbons (Fsp3) is 0.438. The van der Waals surface area contributed by atoms with Gasteiger partial charge in [-0.2, -0.15) is 4.68 Å². The van der Waals surface area contributed by atoms with Crippen molar-refractivity contribution < 1.29 is 9.59 Å². The molecule has 0 bridgehead atoms. The normalized spacial score (nSPS) is 14.4. The molecule has 1 aromatic carbocycles. The summed E-state index contributed by atoms with van der Waals surface area (Å²) in [6.45, 7) is 2.00. The third-order valence-electron chi connectivity index (χ3n) is 4.00. The van der Waals surface area contributed by atoms with Gasteiger partial charge in [0.2, 0.25) is 11.1 Å². The number of carbonyl (C=O) groups is 2. The summed E-state index contributed by atoms with van der Waals surface area (Å²) in [5.41, 5.74) is 1.95. The van der Waals surface area contributed by atoms with Gasteiger partial charge in [-0.05, 0) is 42.3 Å². The summed E-state index contributed by atoms with van der Waals surface area (Å²) in [4.78, 5) is 23.7. The van der Waals surface area contributed by atoms with Gasteiger partial charge < -0.3 is 5.32 Å². The maximum Gasteiger partial charge on any atom is 0.321 e. The van der Waals surface area contributed by atoms with E-state index in [1.54, 1.807) is 4.68 Å². The quantitative estimate of drug-likeness (QED) is 0.789. The molecule has 25 heavy (non-hydrogen) atoms. The highest BCUT2D eigenvalue weighted by Gasteiger charge is 2.18. The van der Waals surface area contributed by atoms with Crippen molar-refractivity contribution in [2.24, 2.45) is 0 Å². The summed E-state index contributed by atoms with van der Waals surface area (Å²) in [5, 5.41) is 17.2. The van der Waals surface area contributed by atoms with Crippen molar-refractivity contribution in [3.8, 4) is 5.69 Å². The maximum atomic E-state index is 11.9. The smallest absolute Gasteiger partial charge is 0.321 e. The van der Waals surface area contributed by atoms with Crippen molar-refractivity contribution in [3.63, 3.8) is 0 Å². The number of thioether (sulfide) groups is 1. The molecule has 0 radical (unpaired) electrons. The van der Waals surface area contributed by atoms with Gasteiger partial charge in [0.1, 0.15) is 0 Å². The minimum absolute atomic E-state index is 0.0598. The molecule has 1 aromatic heterocycles. The predicted octanol–water partition coefficient (Wildman–Crippen LogP) is 1.83. The number of amides is 3. The number of nitrogens with zero attached hydrogens (tertiary/aromatic N) is 4. The molecular weight excluding hydrogens is 340 g/mol. The number of nitrogens with one attached hydrogen (secondary N) is 2. The second-order valence-electron chi connectivity index (χ2n) is 6.00. The molecule has 9 heteroatoms. The monoisotopic (exact) mass is 360 g/mol. The van der Waals surface area contributed by atoms with E-state index in [1.807, 2.05) is 31.2 Å². The first-order valence-electron chi connectivity index (χ1n) is 8.20. The van der Waals surface area contributed by atoms with Crippen molar-refractivity contribution in [2.75, 3.05) is 5.75 Å². The van der Waals surface area contributed by atoms with Gasteiger partial charge in [-0.1, -0.05) is 42.3 Å². The Labute approximate surface area is 149 Å². The Kier molecular flexibility index (Phi) is 5.64. The molecule has 3 rings (SSSR count). The molecule has 2 N–H and O–H groups in total. The molecule has 1 saturated carbocycles. The Morgan fingerprint density at radius 3 is 2.68 bits per heavy atom. The molecule has 1 aliphatic rings. The van der Waals surface area contributed by atoms with Crippen molar-refractivity contribution in [3.05, 3.63) is 29.8 Å². The number of tetrazole rings is 1. The number of aromatic nitrogens is 4. The average molecular weight is 360 g/mol. The maximum absolute atomic E-state index is 11.9. The Morgan fingerprint density at radius 2 is 1.96 bits per heavy atom. The van der Waals surface area contributed by atoms with Crippen LogP contribution in [0.1, 0.15) is 31.2 Å². The summed E-state index contributed by atoms with van der Waals surface area (Å²) in [7, 11) is 0. The van der Waals surface area contributed by atoms with Crippen LogP contribution in [0.15, 0.2) is 29.4 Å². The van der Waals surface area contributed by atoms with Crippen molar-refractivity contribution in [1.82, 2.24) is 30.8 Å². The van der Waals surface area contributed by atoms with Crippen LogP contribution in [0.25, 0.3) is 5.69 Å². The number of rotatable bonds is 5. The number of imide groups is 1. The molecule has 0 saturated heterocycles. The van der Waals surface area contributed by atoms with Gasteiger partial charge in [-0.3, -0.25) is 10.1 Å². The lowest BCUT2D eigenvalue weighted by Gasteiger charge is -2.12. The molecule has 3 amide bonds. The van der Waals surface area contributed by atoms with Gasteiger partial charge in [0.25, 0.3) is 0 Å². The van der Waals surface area contributed by atoms with E-state index in [4.69, 9.17) is 0 Å². The zero-order valence-corrected chi connectivity index (χ0v) is 14.8. The summed E-state index contributed by atoms with van der Waals surface area (Å²) < 4.78 is 1.57. The van der Waals surface area contributed by atoms with Crippen LogP contribution in [0.4, 0.5) is 4.79 Å². The number of benzene rings is 1. The SMILES string of the molecule is Cc1ccc(-n2nnnc2SCC(=O)NC(=O)NC2CCCC2)cc1. The van der Waals surface area contributed by atoms with Crippen LogP contribution < -0.4 is 10.6 Å². The Bertz CT molecular complexity index is 739. The molecule has 2 aromatic rings. The highest BCUT2D eigenvalue weighted by atomic mass is 32.2. The Balaban J connectivity index is 1.51. The minimum Gasteiger partial charge on any atom is -0.335 e. The second kappa shape index (κ2) is 8.11. The van der Waals surface area contributed by atoms with E-state index in [-0.39, 0.29) is 17.7 Å². The van der Waals surface area contributed by atoms with Crippen molar-refractivity contribution in [1.29, 1.82) is 0 Å². The fourth-order valence-corrected chi connectivity index (χ4v) is 3.39. The van der Waals surface area contributed by atoms with E-state index in [2.05, 4.69) is 26.2 Å². The first kappa shape index (κ1) is 17.4. The lowest BCUT2D eigenvalue weighted by Crippen LogP contribution is -2.44. The zero-order valence-electron chi connectivity index (χ0n) is 13.9. The third kappa shape index (κ3) is 4.79. The standard InChI is InChI=1S/C16H20N6O2S/c1-11-6-8-13(9-7-11)22-16(19-20-21-22)25-10-14(23)18-15(24)17-12-4-2-3-5-12/h6-9,12H,2-5,10H2,1H3,(H2,17,18,23,24). The summed E-state index contributed by atoms with van der Waals surface area (Å²) in [6.07, 6.45) is 4.19. The topological polar surface area (TPSA) is 102 Å². The molecule has 0 unspecified atom stereocenters. The largest absolute Gasteiger partial charge is 0.335 e. The second-order valence-corrected chi connectivity index (χ2v) is 6.94. The van der Waals surface area contributed by atoms with Gasteiger partial charge in [-0.15, -0.1) is 5.10 Å². The summed E-state index contributed by atoms with van der Waals surface area (Å²) >= 11 is 1.18. The number of urea groups is 1. The lowest BCUT2D eigenvalue weighted by molar-refractivity contribution is -0.117. The van der Waals surface area contributed by atoms with Gasteiger partial charge in [0.15, 0.2) is 0 Å². The van der Waals surface area contributed by atoms with E-state index in [0.29, 0.717) is 5.16 Å². The highest BCUT2D eigenvalue weighted by Crippen LogP contribution is 2.19. The van der Waals surface area contributed by atoms with Crippen LogP contribution >= 0.6 is 11.8 Å². The third-order valence-corrected chi connectivity index (χ3v) is 4.91. The molecule has 1 aliphatic carbocycles. The van der Waals surface area contributed by atoms with E-state index < -0.39 is 6.03 Å². The molecule has 132 valence electrons. The molecule has 0 aliphatic heterocycles. The van der Waals surface area contributed by atoms with Crippen LogP contribution in [0.2, 0.25) is 0 Å². The zero-order chi connectivity index (χ0) is 17.6. The number of hydrogen-bond acceptors (Lipinski definition) is 6. The lowest BCUT2D eigenvalue weighted by atomic mass is 10.2. The Hall–Kier alpha value is -2.42. The van der Waals surface area contributed by atoms with E-state index in [9.17, 15) is 9.59 Å². The van der Waals surface area contributed by atoms with Crippen molar-refractivity contribution in [2.45, 2.75) is 43.8 Å². The van der Waals surface area contributed by atoms with E-state index in [0.717, 1.165) is 36.9 Å². The first-order valence-corrected chi connectivity index (χ1v) is 9.19. The summed E-state index contributed by atoms with van der Waals surface area (Å²) in [6, 6.07) is 7.48. The Morgan fingerprint density at radius 1 is 1.24 bits per heavy atom. The molecule has 0 atom stereocenters. The van der Waals surface area contributed by atoms with Crippen LogP contribution in [0.3, 0.4) is 0 Å². The van der Waals surface area contributed by atoms with Crippen LogP contribution in [-0.4, -0.2) is 43.9 Å². The molecule has 1 fully saturated rings.